The molecule has 4 nitrogen and oxygen atoms in total. The van der Waals surface area contributed by atoms with Gasteiger partial charge in [-0.15, -0.1) is 12.6 Å². The molecule has 2 aliphatic heterocycles. The van der Waals surface area contributed by atoms with E-state index in [1.807, 2.05) is 24.3 Å². The third-order valence-electron chi connectivity index (χ3n) is 6.74. The maximum absolute atomic E-state index is 6.66. The molecule has 0 N–H and O–H groups in total. The normalized spacial score (nSPS) is 21.6. The smallest absolute Gasteiger partial charge is 0.249 e. The van der Waals surface area contributed by atoms with Crippen molar-refractivity contribution in [2.75, 3.05) is 14.2 Å². The highest BCUT2D eigenvalue weighted by atomic mass is 16.7. The zero-order valence-corrected chi connectivity index (χ0v) is 18.2. The van der Waals surface area contributed by atoms with E-state index in [4.69, 9.17) is 18.8 Å². The van der Waals surface area contributed by atoms with E-state index < -0.39 is 6.55 Å². The Morgan fingerprint density at radius 2 is 1.00 bits per heavy atom. The Morgan fingerprint density at radius 1 is 0.655 bits per heavy atom. The van der Waals surface area contributed by atoms with Gasteiger partial charge < -0.3 is 18.8 Å². The van der Waals surface area contributed by atoms with Gasteiger partial charge in [0.05, 0.1) is 14.2 Å². The average molecular weight is 393 g/mol. The monoisotopic (exact) mass is 393 g/mol. The van der Waals surface area contributed by atoms with E-state index in [9.17, 15) is 0 Å². The second kappa shape index (κ2) is 6.93. The Hall–Kier alpha value is -2.24. The fourth-order valence-electron chi connectivity index (χ4n) is 4.66. The molecule has 0 amide bonds. The molecule has 5 heteroatoms. The number of hydrogen-bond acceptors (Lipinski definition) is 4. The molecule has 0 atom stereocenters. The Bertz CT molecular complexity index is 849. The number of benzene rings is 2. The fraction of sp³-hybridized carbons (Fsp3) is 0.417. The zero-order chi connectivity index (χ0) is 20.9. The van der Waals surface area contributed by atoms with Gasteiger partial charge in [0.25, 0.3) is 0 Å². The van der Waals surface area contributed by atoms with Gasteiger partial charge in [-0.05, 0) is 63.1 Å². The Morgan fingerprint density at radius 3 is 1.31 bits per heavy atom. The Balaban J connectivity index is 1.76. The van der Waals surface area contributed by atoms with Crippen LogP contribution in [0, 0.1) is 0 Å². The summed E-state index contributed by atoms with van der Waals surface area (Å²) in [5.74, 6) is 1.71. The number of rotatable bonds is 4. The first-order valence-electron chi connectivity index (χ1n) is 10.3. The summed E-state index contributed by atoms with van der Waals surface area (Å²) in [6, 6.07) is 16.5. The Labute approximate surface area is 173 Å². The van der Waals surface area contributed by atoms with Crippen LogP contribution < -0.4 is 9.47 Å². The van der Waals surface area contributed by atoms with Crippen LogP contribution in [0.3, 0.4) is 0 Å². The van der Waals surface area contributed by atoms with Crippen molar-refractivity contribution in [2.45, 2.75) is 51.5 Å². The first-order chi connectivity index (χ1) is 13.7. The molecule has 1 fully saturated rings. The van der Waals surface area contributed by atoms with Gasteiger partial charge in [-0.3, -0.25) is 0 Å². The van der Waals surface area contributed by atoms with Crippen molar-refractivity contribution in [1.82, 2.24) is 0 Å². The van der Waals surface area contributed by atoms with Crippen LogP contribution in [0.25, 0.3) is 11.1 Å². The van der Waals surface area contributed by atoms with Crippen LogP contribution in [0.5, 0.6) is 11.5 Å². The van der Waals surface area contributed by atoms with E-state index in [1.165, 1.54) is 22.3 Å². The van der Waals surface area contributed by atoms with Crippen molar-refractivity contribution in [3.8, 4) is 11.5 Å². The summed E-state index contributed by atoms with van der Waals surface area (Å²) >= 11 is 0. The van der Waals surface area contributed by atoms with Crippen LogP contribution in [0.4, 0.5) is 0 Å². The number of hydrogen-bond donors (Lipinski definition) is 0. The topological polar surface area (TPSA) is 36.9 Å². The summed E-state index contributed by atoms with van der Waals surface area (Å²) in [5.41, 5.74) is 4.26. The predicted molar refractivity (Wildman–Crippen MR) is 118 cm³/mol. The number of allylic oxidation sites excluding steroid dienone is 2. The molecular formula is C24H30BO4-. The predicted octanol–water partition coefficient (Wildman–Crippen LogP) is 5.67. The molecular weight excluding hydrogens is 363 g/mol. The van der Waals surface area contributed by atoms with Crippen LogP contribution in [0.15, 0.2) is 48.5 Å². The van der Waals surface area contributed by atoms with Crippen LogP contribution in [0.2, 0.25) is 12.6 Å². The average Bonchev–Trinajstić information content (AvgIpc) is 3.13. The summed E-state index contributed by atoms with van der Waals surface area (Å²) in [5, 5.41) is 0. The molecule has 29 heavy (non-hydrogen) atoms. The largest absolute Gasteiger partial charge is 0.561 e. The van der Waals surface area contributed by atoms with Crippen molar-refractivity contribution in [1.29, 1.82) is 0 Å². The molecule has 4 rings (SSSR count). The first kappa shape index (κ1) is 20.1. The second-order valence-electron chi connectivity index (χ2n) is 9.13. The van der Waals surface area contributed by atoms with Gasteiger partial charge in [0.1, 0.15) is 11.5 Å². The molecule has 0 aromatic heterocycles. The van der Waals surface area contributed by atoms with E-state index in [1.54, 1.807) is 14.2 Å². The third-order valence-corrected chi connectivity index (χ3v) is 6.74. The lowest BCUT2D eigenvalue weighted by atomic mass is 9.53. The molecule has 154 valence electrons. The lowest BCUT2D eigenvalue weighted by Gasteiger charge is -2.37. The summed E-state index contributed by atoms with van der Waals surface area (Å²) in [6.07, 6.45) is 1.56. The van der Waals surface area contributed by atoms with Crippen LogP contribution in [-0.4, -0.2) is 32.0 Å². The molecule has 2 aliphatic rings. The third kappa shape index (κ3) is 3.47. The van der Waals surface area contributed by atoms with Crippen molar-refractivity contribution in [2.24, 2.45) is 0 Å². The molecule has 0 unspecified atom stereocenters. The maximum atomic E-state index is 6.66. The summed E-state index contributed by atoms with van der Waals surface area (Å²) < 4.78 is 24.0. The second-order valence-corrected chi connectivity index (χ2v) is 9.13. The van der Waals surface area contributed by atoms with Crippen molar-refractivity contribution < 1.29 is 18.8 Å². The SMILES string of the molecule is COc1ccc(C2=C(c3ccc(OC)cc3)C[B-]3(C2)OC(C)(C)C(C)(C)O3)cc1. The standard InChI is InChI=1S/C24H30BO4/c1-23(2)24(3,4)29-25(28-23)15-21(17-7-11-19(26-5)12-8-17)22(16-25)18-9-13-20(27-6)14-10-18/h7-14H,15-16H2,1-6H3/q-1. The molecule has 1 saturated heterocycles. The lowest BCUT2D eigenvalue weighted by Crippen LogP contribution is -2.41. The minimum atomic E-state index is -1.44. The minimum Gasteiger partial charge on any atom is -0.561 e. The summed E-state index contributed by atoms with van der Waals surface area (Å²) in [7, 11) is 3.38. The van der Waals surface area contributed by atoms with Crippen LogP contribution in [-0.2, 0) is 9.31 Å². The fourth-order valence-corrected chi connectivity index (χ4v) is 4.66. The molecule has 1 spiro atoms. The maximum Gasteiger partial charge on any atom is 0.249 e. The Kier molecular flexibility index (Phi) is 4.79. The van der Waals surface area contributed by atoms with E-state index in [0.29, 0.717) is 0 Å². The van der Waals surface area contributed by atoms with Crippen molar-refractivity contribution in [3.05, 3.63) is 59.7 Å². The van der Waals surface area contributed by atoms with E-state index >= 15 is 0 Å². The summed E-state index contributed by atoms with van der Waals surface area (Å²) in [6.45, 7) is 7.07. The highest BCUT2D eigenvalue weighted by molar-refractivity contribution is 6.74. The molecule has 0 bridgehead atoms. The number of methoxy groups -OCH3 is 2. The van der Waals surface area contributed by atoms with Gasteiger partial charge in [0, 0.05) is 11.2 Å². The van der Waals surface area contributed by atoms with Crippen LogP contribution >= 0.6 is 0 Å². The minimum absolute atomic E-state index is 0.340. The van der Waals surface area contributed by atoms with E-state index in [0.717, 1.165) is 24.1 Å². The lowest BCUT2D eigenvalue weighted by molar-refractivity contribution is 0.00578. The molecule has 2 aromatic carbocycles. The van der Waals surface area contributed by atoms with Gasteiger partial charge in [0.15, 0.2) is 0 Å². The molecule has 0 saturated carbocycles. The van der Waals surface area contributed by atoms with Gasteiger partial charge in [-0.25, -0.2) is 0 Å². The molecule has 2 heterocycles. The van der Waals surface area contributed by atoms with Gasteiger partial charge in [0.2, 0.25) is 6.55 Å². The van der Waals surface area contributed by atoms with Gasteiger partial charge in [-0.2, -0.15) is 0 Å². The first-order valence-corrected chi connectivity index (χ1v) is 10.3. The van der Waals surface area contributed by atoms with Crippen molar-refractivity contribution >= 4 is 17.7 Å². The highest BCUT2D eigenvalue weighted by Gasteiger charge is 2.53. The van der Waals surface area contributed by atoms with Crippen LogP contribution in [0.1, 0.15) is 38.8 Å². The molecule has 0 radical (unpaired) electrons. The van der Waals surface area contributed by atoms with Crippen molar-refractivity contribution in [3.63, 3.8) is 0 Å². The van der Waals surface area contributed by atoms with E-state index in [2.05, 4.69) is 52.0 Å². The number of ether oxygens (including phenoxy) is 2. The quantitative estimate of drug-likeness (QED) is 0.627. The zero-order valence-electron chi connectivity index (χ0n) is 18.2. The molecule has 0 aliphatic carbocycles. The highest BCUT2D eigenvalue weighted by Crippen LogP contribution is 2.54. The van der Waals surface area contributed by atoms with Gasteiger partial charge in [-0.1, -0.05) is 35.4 Å². The summed E-state index contributed by atoms with van der Waals surface area (Å²) in [4.78, 5) is 0. The van der Waals surface area contributed by atoms with Gasteiger partial charge >= 0.3 is 0 Å². The van der Waals surface area contributed by atoms with E-state index in [-0.39, 0.29) is 11.2 Å². The molecule has 2 aromatic rings.